The second kappa shape index (κ2) is 6.33. The predicted octanol–water partition coefficient (Wildman–Crippen LogP) is 3.24. The number of ether oxygens (including phenoxy) is 1. The molecule has 0 saturated carbocycles. The summed E-state index contributed by atoms with van der Waals surface area (Å²) < 4.78 is 5.67. The van der Waals surface area contributed by atoms with E-state index in [-0.39, 0.29) is 5.97 Å². The molecule has 0 aliphatic heterocycles. The van der Waals surface area contributed by atoms with Crippen molar-refractivity contribution in [1.82, 2.24) is 4.98 Å². The van der Waals surface area contributed by atoms with Crippen molar-refractivity contribution >= 4 is 27.6 Å². The molecule has 0 fully saturated rings. The van der Waals surface area contributed by atoms with Crippen molar-refractivity contribution in [2.24, 2.45) is 0 Å². The number of benzene rings is 1. The summed E-state index contributed by atoms with van der Waals surface area (Å²) in [4.78, 5) is 15.7. The maximum atomic E-state index is 11.6. The third-order valence-electron chi connectivity index (χ3n) is 2.58. The Kier molecular flexibility index (Phi) is 4.52. The number of carbonyl (C=O) groups excluding carboxylic acids is 1. The third-order valence-corrected chi connectivity index (χ3v) is 3.01. The van der Waals surface area contributed by atoms with Gasteiger partial charge in [-0.25, -0.2) is 4.79 Å². The number of aromatic nitrogens is 1. The fourth-order valence-electron chi connectivity index (χ4n) is 1.68. The van der Waals surface area contributed by atoms with Crippen LogP contribution < -0.4 is 5.32 Å². The molecule has 19 heavy (non-hydrogen) atoms. The van der Waals surface area contributed by atoms with Gasteiger partial charge in [0, 0.05) is 29.1 Å². The highest BCUT2D eigenvalue weighted by Gasteiger charge is 2.10. The Hall–Kier alpha value is -1.88. The minimum Gasteiger partial charge on any atom is -0.465 e. The number of anilines is 1. The van der Waals surface area contributed by atoms with E-state index in [0.717, 1.165) is 15.7 Å². The largest absolute Gasteiger partial charge is 0.465 e. The van der Waals surface area contributed by atoms with Gasteiger partial charge in [-0.2, -0.15) is 0 Å². The van der Waals surface area contributed by atoms with Crippen LogP contribution in [0.15, 0.2) is 47.2 Å². The first-order chi connectivity index (χ1) is 9.20. The number of nitrogens with one attached hydrogen (secondary N) is 1. The molecule has 1 aromatic heterocycles. The Morgan fingerprint density at radius 3 is 2.89 bits per heavy atom. The number of hydrogen-bond acceptors (Lipinski definition) is 4. The van der Waals surface area contributed by atoms with Gasteiger partial charge in [-0.3, -0.25) is 4.98 Å². The molecule has 1 N–H and O–H groups in total. The summed E-state index contributed by atoms with van der Waals surface area (Å²) >= 11 is 3.37. The summed E-state index contributed by atoms with van der Waals surface area (Å²) in [5.41, 5.74) is 2.29. The number of carbonyl (C=O) groups is 1. The molecule has 0 bridgehead atoms. The van der Waals surface area contributed by atoms with E-state index in [4.69, 9.17) is 4.74 Å². The summed E-state index contributed by atoms with van der Waals surface area (Å²) in [5.74, 6) is -0.351. The van der Waals surface area contributed by atoms with Gasteiger partial charge in [0.1, 0.15) is 0 Å². The number of nitrogens with zero attached hydrogens (tertiary/aromatic N) is 1. The van der Waals surface area contributed by atoms with Gasteiger partial charge in [0.25, 0.3) is 0 Å². The summed E-state index contributed by atoms with van der Waals surface area (Å²) in [7, 11) is 1.37. The van der Waals surface area contributed by atoms with Crippen LogP contribution in [0.4, 0.5) is 5.69 Å². The average molecular weight is 321 g/mol. The molecule has 1 heterocycles. The summed E-state index contributed by atoms with van der Waals surface area (Å²) in [6.07, 6.45) is 3.50. The molecule has 98 valence electrons. The fourth-order valence-corrected chi connectivity index (χ4v) is 2.09. The van der Waals surface area contributed by atoms with Crippen LogP contribution in [-0.4, -0.2) is 18.1 Å². The topological polar surface area (TPSA) is 51.2 Å². The van der Waals surface area contributed by atoms with Crippen molar-refractivity contribution in [1.29, 1.82) is 0 Å². The quantitative estimate of drug-likeness (QED) is 0.879. The monoisotopic (exact) mass is 320 g/mol. The SMILES string of the molecule is COC(=O)c1ccccc1NCc1cncc(Br)c1. The van der Waals surface area contributed by atoms with E-state index in [2.05, 4.69) is 26.2 Å². The van der Waals surface area contributed by atoms with Gasteiger partial charge in [-0.1, -0.05) is 12.1 Å². The number of para-hydroxylation sites is 1. The van der Waals surface area contributed by atoms with Gasteiger partial charge in [-0.05, 0) is 39.7 Å². The van der Waals surface area contributed by atoms with E-state index < -0.39 is 0 Å². The highest BCUT2D eigenvalue weighted by molar-refractivity contribution is 9.10. The Labute approximate surface area is 119 Å². The zero-order chi connectivity index (χ0) is 13.7. The molecule has 0 aliphatic carbocycles. The number of rotatable bonds is 4. The first-order valence-electron chi connectivity index (χ1n) is 5.71. The van der Waals surface area contributed by atoms with Crippen LogP contribution in [0.3, 0.4) is 0 Å². The van der Waals surface area contributed by atoms with Gasteiger partial charge in [0.05, 0.1) is 12.7 Å². The standard InChI is InChI=1S/C14H13BrN2O2/c1-19-14(18)12-4-2-3-5-13(12)17-8-10-6-11(15)9-16-7-10/h2-7,9,17H,8H2,1H3. The van der Waals surface area contributed by atoms with E-state index >= 15 is 0 Å². The summed E-state index contributed by atoms with van der Waals surface area (Å²) in [6, 6.07) is 9.22. The van der Waals surface area contributed by atoms with Crippen molar-refractivity contribution in [3.05, 3.63) is 58.3 Å². The number of methoxy groups -OCH3 is 1. The predicted molar refractivity (Wildman–Crippen MR) is 77.0 cm³/mol. The molecule has 0 spiro atoms. The second-order valence-electron chi connectivity index (χ2n) is 3.90. The molecule has 2 rings (SSSR count). The number of pyridine rings is 1. The first kappa shape index (κ1) is 13.5. The van der Waals surface area contributed by atoms with E-state index in [9.17, 15) is 4.79 Å². The van der Waals surface area contributed by atoms with Crippen molar-refractivity contribution < 1.29 is 9.53 Å². The minimum absolute atomic E-state index is 0.351. The molecule has 2 aromatic rings. The second-order valence-corrected chi connectivity index (χ2v) is 4.82. The average Bonchev–Trinajstić information content (AvgIpc) is 2.45. The van der Waals surface area contributed by atoms with Gasteiger partial charge in [-0.15, -0.1) is 0 Å². The molecule has 5 heteroatoms. The van der Waals surface area contributed by atoms with E-state index in [1.807, 2.05) is 18.2 Å². The van der Waals surface area contributed by atoms with E-state index in [0.29, 0.717) is 12.1 Å². The highest BCUT2D eigenvalue weighted by atomic mass is 79.9. The molecule has 0 radical (unpaired) electrons. The molecule has 0 unspecified atom stereocenters. The van der Waals surface area contributed by atoms with Gasteiger partial charge >= 0.3 is 5.97 Å². The Morgan fingerprint density at radius 2 is 2.16 bits per heavy atom. The number of hydrogen-bond donors (Lipinski definition) is 1. The lowest BCUT2D eigenvalue weighted by molar-refractivity contribution is 0.0602. The molecule has 0 aliphatic rings. The van der Waals surface area contributed by atoms with Gasteiger partial charge < -0.3 is 10.1 Å². The van der Waals surface area contributed by atoms with E-state index in [1.54, 1.807) is 24.5 Å². The van der Waals surface area contributed by atoms with Crippen molar-refractivity contribution in [2.75, 3.05) is 12.4 Å². The van der Waals surface area contributed by atoms with Crippen LogP contribution >= 0.6 is 15.9 Å². The maximum absolute atomic E-state index is 11.6. The Balaban J connectivity index is 2.13. The first-order valence-corrected chi connectivity index (χ1v) is 6.50. The van der Waals surface area contributed by atoms with Crippen LogP contribution in [0.2, 0.25) is 0 Å². The lowest BCUT2D eigenvalue weighted by Gasteiger charge is -2.10. The minimum atomic E-state index is -0.351. The van der Waals surface area contributed by atoms with E-state index in [1.165, 1.54) is 7.11 Å². The molecule has 0 saturated heterocycles. The highest BCUT2D eigenvalue weighted by Crippen LogP contribution is 2.17. The van der Waals surface area contributed by atoms with Crippen LogP contribution in [0, 0.1) is 0 Å². The van der Waals surface area contributed by atoms with Crippen LogP contribution in [0.25, 0.3) is 0 Å². The zero-order valence-electron chi connectivity index (χ0n) is 10.4. The normalized spacial score (nSPS) is 10.0. The molecular formula is C14H13BrN2O2. The summed E-state index contributed by atoms with van der Waals surface area (Å²) in [5, 5.41) is 3.21. The molecular weight excluding hydrogens is 308 g/mol. The van der Waals surface area contributed by atoms with Crippen molar-refractivity contribution in [2.45, 2.75) is 6.54 Å². The lowest BCUT2D eigenvalue weighted by atomic mass is 10.1. The smallest absolute Gasteiger partial charge is 0.339 e. The van der Waals surface area contributed by atoms with Gasteiger partial charge in [0.2, 0.25) is 0 Å². The molecule has 4 nitrogen and oxygen atoms in total. The van der Waals surface area contributed by atoms with Crippen molar-refractivity contribution in [3.8, 4) is 0 Å². The molecule has 0 amide bonds. The molecule has 0 atom stereocenters. The Bertz CT molecular complexity index is 587. The summed E-state index contributed by atoms with van der Waals surface area (Å²) in [6.45, 7) is 0.584. The zero-order valence-corrected chi connectivity index (χ0v) is 12.0. The van der Waals surface area contributed by atoms with Crippen LogP contribution in [0.1, 0.15) is 15.9 Å². The Morgan fingerprint density at radius 1 is 1.37 bits per heavy atom. The van der Waals surface area contributed by atoms with Crippen LogP contribution in [-0.2, 0) is 11.3 Å². The third kappa shape index (κ3) is 3.54. The van der Waals surface area contributed by atoms with Crippen molar-refractivity contribution in [3.63, 3.8) is 0 Å². The van der Waals surface area contributed by atoms with Crippen LogP contribution in [0.5, 0.6) is 0 Å². The van der Waals surface area contributed by atoms with Gasteiger partial charge in [0.15, 0.2) is 0 Å². The number of halogens is 1. The fraction of sp³-hybridized carbons (Fsp3) is 0.143. The molecule has 1 aromatic carbocycles. The maximum Gasteiger partial charge on any atom is 0.339 e. The lowest BCUT2D eigenvalue weighted by Crippen LogP contribution is -2.08. The number of esters is 1.